The van der Waals surface area contributed by atoms with E-state index in [2.05, 4.69) is 4.98 Å². The molecule has 0 saturated carbocycles. The molecule has 1 N–H and O–H groups in total. The Labute approximate surface area is 130 Å². The molecule has 0 radical (unpaired) electrons. The van der Waals surface area contributed by atoms with Gasteiger partial charge in [-0.3, -0.25) is 9.69 Å². The van der Waals surface area contributed by atoms with E-state index in [0.717, 1.165) is 0 Å². The molecule has 6 nitrogen and oxygen atoms in total. The van der Waals surface area contributed by atoms with Crippen molar-refractivity contribution in [3.05, 3.63) is 28.2 Å². The van der Waals surface area contributed by atoms with Gasteiger partial charge in [-0.1, -0.05) is 13.8 Å². The molecule has 0 aromatic carbocycles. The molecule has 1 aliphatic heterocycles. The van der Waals surface area contributed by atoms with Gasteiger partial charge in [-0.05, 0) is 32.8 Å². The van der Waals surface area contributed by atoms with Crippen molar-refractivity contribution in [1.29, 1.82) is 0 Å². The van der Waals surface area contributed by atoms with Crippen molar-refractivity contribution in [1.82, 2.24) is 9.88 Å². The average Bonchev–Trinajstić information content (AvgIpc) is 2.55. The second kappa shape index (κ2) is 6.02. The number of carbonyl (C=O) groups is 1. The van der Waals surface area contributed by atoms with Crippen LogP contribution in [0.5, 0.6) is 5.75 Å². The molecular weight excluding hydrogens is 284 g/mol. The fourth-order valence-corrected chi connectivity index (χ4v) is 2.22. The zero-order chi connectivity index (χ0) is 16.5. The number of nitrogens with zero attached hydrogens (tertiary/aromatic N) is 1. The Morgan fingerprint density at radius 1 is 1.41 bits per heavy atom. The Morgan fingerprint density at radius 2 is 2.09 bits per heavy atom. The van der Waals surface area contributed by atoms with Crippen LogP contribution in [-0.4, -0.2) is 34.2 Å². The zero-order valence-electron chi connectivity index (χ0n) is 13.8. The highest BCUT2D eigenvalue weighted by molar-refractivity contribution is 5.68. The molecule has 6 heteroatoms. The lowest BCUT2D eigenvalue weighted by molar-refractivity contribution is 0.0147. The number of amides is 1. The largest absolute Gasteiger partial charge is 0.486 e. The van der Waals surface area contributed by atoms with Gasteiger partial charge in [0.05, 0.1) is 18.8 Å². The van der Waals surface area contributed by atoms with Crippen LogP contribution in [-0.2, 0) is 11.3 Å². The number of fused-ring (bicyclic) bond motifs is 1. The maximum absolute atomic E-state index is 12.4. The number of hydrogen-bond acceptors (Lipinski definition) is 4. The Kier molecular flexibility index (Phi) is 4.49. The van der Waals surface area contributed by atoms with Gasteiger partial charge in [0.15, 0.2) is 0 Å². The molecule has 0 fully saturated rings. The van der Waals surface area contributed by atoms with Crippen molar-refractivity contribution in [2.45, 2.75) is 52.9 Å². The normalized spacial score (nSPS) is 18.5. The third-order valence-corrected chi connectivity index (χ3v) is 3.38. The molecule has 1 aromatic heterocycles. The van der Waals surface area contributed by atoms with Crippen LogP contribution in [0.2, 0.25) is 0 Å². The van der Waals surface area contributed by atoms with E-state index in [1.165, 1.54) is 6.07 Å². The standard InChI is InChI=1S/C16H24N2O4/c1-10(2)13-9-18(15(20)22-16(3,4)5)8-11-12(21-13)6-7-14(19)17-11/h6-7,10,13H,8-9H2,1-5H3,(H,17,19)/t13-/m0/s1. The van der Waals surface area contributed by atoms with E-state index in [-0.39, 0.29) is 24.1 Å². The lowest BCUT2D eigenvalue weighted by atomic mass is 10.1. The minimum Gasteiger partial charge on any atom is -0.486 e. The second-order valence-electron chi connectivity index (χ2n) is 6.93. The number of H-pyrrole nitrogens is 1. The molecule has 1 atom stereocenters. The van der Waals surface area contributed by atoms with Crippen LogP contribution in [0.25, 0.3) is 0 Å². The van der Waals surface area contributed by atoms with E-state index in [4.69, 9.17) is 9.47 Å². The second-order valence-corrected chi connectivity index (χ2v) is 6.93. The Balaban J connectivity index is 2.31. The lowest BCUT2D eigenvalue weighted by Gasteiger charge is -2.28. The number of nitrogens with one attached hydrogen (secondary N) is 1. The molecule has 2 rings (SSSR count). The maximum atomic E-state index is 12.4. The van der Waals surface area contributed by atoms with Crippen molar-refractivity contribution < 1.29 is 14.3 Å². The highest BCUT2D eigenvalue weighted by Crippen LogP contribution is 2.25. The van der Waals surface area contributed by atoms with Crippen LogP contribution in [0.15, 0.2) is 16.9 Å². The Morgan fingerprint density at radius 3 is 2.68 bits per heavy atom. The molecular formula is C16H24N2O4. The third kappa shape index (κ3) is 4.02. The Hall–Kier alpha value is -1.98. The fraction of sp³-hybridized carbons (Fsp3) is 0.625. The number of aromatic amines is 1. The van der Waals surface area contributed by atoms with Crippen molar-refractivity contribution in [3.8, 4) is 5.75 Å². The van der Waals surface area contributed by atoms with E-state index in [9.17, 15) is 9.59 Å². The molecule has 0 aliphatic carbocycles. The van der Waals surface area contributed by atoms with E-state index in [1.54, 1.807) is 11.0 Å². The van der Waals surface area contributed by atoms with Gasteiger partial charge in [0.1, 0.15) is 17.5 Å². The topological polar surface area (TPSA) is 71.6 Å². The zero-order valence-corrected chi connectivity index (χ0v) is 13.8. The smallest absolute Gasteiger partial charge is 0.410 e. The molecule has 2 heterocycles. The summed E-state index contributed by atoms with van der Waals surface area (Å²) >= 11 is 0. The number of ether oxygens (including phenoxy) is 2. The van der Waals surface area contributed by atoms with Crippen molar-refractivity contribution in [2.24, 2.45) is 5.92 Å². The molecule has 0 saturated heterocycles. The summed E-state index contributed by atoms with van der Waals surface area (Å²) in [5.74, 6) is 0.840. The summed E-state index contributed by atoms with van der Waals surface area (Å²) in [5, 5.41) is 0. The van der Waals surface area contributed by atoms with Gasteiger partial charge in [0.25, 0.3) is 0 Å². The van der Waals surface area contributed by atoms with Crippen molar-refractivity contribution >= 4 is 6.09 Å². The van der Waals surface area contributed by atoms with Crippen LogP contribution in [0.1, 0.15) is 40.3 Å². The highest BCUT2D eigenvalue weighted by atomic mass is 16.6. The van der Waals surface area contributed by atoms with Gasteiger partial charge in [0, 0.05) is 6.07 Å². The summed E-state index contributed by atoms with van der Waals surface area (Å²) in [6.07, 6.45) is -0.557. The molecule has 0 unspecified atom stereocenters. The summed E-state index contributed by atoms with van der Waals surface area (Å²) < 4.78 is 11.4. The van der Waals surface area contributed by atoms with Gasteiger partial charge in [0.2, 0.25) is 5.56 Å². The lowest BCUT2D eigenvalue weighted by Crippen LogP contribution is -2.42. The maximum Gasteiger partial charge on any atom is 0.410 e. The summed E-state index contributed by atoms with van der Waals surface area (Å²) in [5.41, 5.74) is -0.180. The molecule has 0 bridgehead atoms. The molecule has 122 valence electrons. The SMILES string of the molecule is CC(C)[C@@H]1CN(C(=O)OC(C)(C)C)Cc2[nH]c(=O)ccc2O1. The van der Waals surface area contributed by atoms with Gasteiger partial charge < -0.3 is 14.5 Å². The number of carbonyl (C=O) groups excluding carboxylic acids is 1. The van der Waals surface area contributed by atoms with Crippen LogP contribution in [0, 0.1) is 5.92 Å². The first kappa shape index (κ1) is 16.4. The van der Waals surface area contributed by atoms with E-state index in [1.807, 2.05) is 34.6 Å². The van der Waals surface area contributed by atoms with Gasteiger partial charge >= 0.3 is 6.09 Å². The summed E-state index contributed by atoms with van der Waals surface area (Å²) in [7, 11) is 0. The summed E-state index contributed by atoms with van der Waals surface area (Å²) in [6, 6.07) is 3.08. The average molecular weight is 308 g/mol. The fourth-order valence-electron chi connectivity index (χ4n) is 2.22. The molecule has 22 heavy (non-hydrogen) atoms. The number of pyridine rings is 1. The highest BCUT2D eigenvalue weighted by Gasteiger charge is 2.31. The van der Waals surface area contributed by atoms with Crippen molar-refractivity contribution in [3.63, 3.8) is 0 Å². The molecule has 1 aliphatic rings. The first-order valence-corrected chi connectivity index (χ1v) is 7.52. The predicted octanol–water partition coefficient (Wildman–Crippen LogP) is 2.53. The monoisotopic (exact) mass is 308 g/mol. The number of rotatable bonds is 1. The van der Waals surface area contributed by atoms with Crippen LogP contribution in [0.4, 0.5) is 4.79 Å². The molecule has 1 aromatic rings. The van der Waals surface area contributed by atoms with Gasteiger partial charge in [-0.2, -0.15) is 0 Å². The van der Waals surface area contributed by atoms with E-state index >= 15 is 0 Å². The first-order valence-electron chi connectivity index (χ1n) is 7.52. The third-order valence-electron chi connectivity index (χ3n) is 3.38. The van der Waals surface area contributed by atoms with Crippen LogP contribution in [0.3, 0.4) is 0 Å². The molecule has 1 amide bonds. The predicted molar refractivity (Wildman–Crippen MR) is 83.0 cm³/mol. The van der Waals surface area contributed by atoms with Crippen LogP contribution >= 0.6 is 0 Å². The summed E-state index contributed by atoms with van der Waals surface area (Å²) in [6.45, 7) is 10.2. The number of aromatic nitrogens is 1. The van der Waals surface area contributed by atoms with Gasteiger partial charge in [-0.15, -0.1) is 0 Å². The molecule has 0 spiro atoms. The Bertz CT molecular complexity index is 601. The summed E-state index contributed by atoms with van der Waals surface area (Å²) in [4.78, 5) is 28.2. The first-order chi connectivity index (χ1) is 10.2. The van der Waals surface area contributed by atoms with Crippen LogP contribution < -0.4 is 10.3 Å². The van der Waals surface area contributed by atoms with Crippen molar-refractivity contribution in [2.75, 3.05) is 6.54 Å². The quantitative estimate of drug-likeness (QED) is 0.865. The number of hydrogen-bond donors (Lipinski definition) is 1. The van der Waals surface area contributed by atoms with E-state index in [0.29, 0.717) is 18.0 Å². The van der Waals surface area contributed by atoms with E-state index < -0.39 is 11.7 Å². The minimum atomic E-state index is -0.565. The van der Waals surface area contributed by atoms with Gasteiger partial charge in [-0.25, -0.2) is 4.79 Å². The minimum absolute atomic E-state index is 0.153.